The molecule has 0 aliphatic carbocycles. The van der Waals surface area contributed by atoms with Crippen molar-refractivity contribution in [2.45, 2.75) is 32.7 Å². The van der Waals surface area contributed by atoms with Crippen molar-refractivity contribution in [2.24, 2.45) is 11.7 Å². The van der Waals surface area contributed by atoms with Gasteiger partial charge in [0, 0.05) is 16.6 Å². The van der Waals surface area contributed by atoms with Crippen LogP contribution in [0.2, 0.25) is 10.0 Å². The minimum atomic E-state index is -0.457. The van der Waals surface area contributed by atoms with Crippen molar-refractivity contribution in [3.63, 3.8) is 0 Å². The Morgan fingerprint density at radius 3 is 2.35 bits per heavy atom. The number of nitrogens with one attached hydrogen (secondary N) is 1. The SMILES string of the molecule is CC(C)C[C@H](N)C(=O)NCCc1c(Cl)cccc1Cl.Cl. The van der Waals surface area contributed by atoms with Crippen LogP contribution in [-0.2, 0) is 11.2 Å². The van der Waals surface area contributed by atoms with E-state index in [-0.39, 0.29) is 18.3 Å². The summed E-state index contributed by atoms with van der Waals surface area (Å²) in [6, 6.07) is 4.91. The highest BCUT2D eigenvalue weighted by Crippen LogP contribution is 2.24. The maximum atomic E-state index is 11.7. The molecule has 0 aliphatic heterocycles. The summed E-state index contributed by atoms with van der Waals surface area (Å²) in [4.78, 5) is 11.7. The van der Waals surface area contributed by atoms with E-state index in [0.717, 1.165) is 5.56 Å². The molecular weight excluding hydrogens is 319 g/mol. The van der Waals surface area contributed by atoms with Gasteiger partial charge in [0.1, 0.15) is 0 Å². The molecule has 0 radical (unpaired) electrons. The van der Waals surface area contributed by atoms with E-state index in [1.807, 2.05) is 13.8 Å². The van der Waals surface area contributed by atoms with Gasteiger partial charge in [-0.25, -0.2) is 0 Å². The lowest BCUT2D eigenvalue weighted by atomic mass is 10.0. The van der Waals surface area contributed by atoms with Gasteiger partial charge in [0.2, 0.25) is 5.91 Å². The van der Waals surface area contributed by atoms with E-state index in [9.17, 15) is 4.79 Å². The van der Waals surface area contributed by atoms with Crippen LogP contribution in [0.25, 0.3) is 0 Å². The van der Waals surface area contributed by atoms with Crippen molar-refractivity contribution >= 4 is 41.5 Å². The lowest BCUT2D eigenvalue weighted by Gasteiger charge is -2.14. The number of nitrogens with two attached hydrogens (primary N) is 1. The first-order valence-corrected chi connectivity index (χ1v) is 7.13. The van der Waals surface area contributed by atoms with Crippen LogP contribution < -0.4 is 11.1 Å². The molecule has 0 heterocycles. The van der Waals surface area contributed by atoms with E-state index >= 15 is 0 Å². The van der Waals surface area contributed by atoms with Crippen LogP contribution in [0, 0.1) is 5.92 Å². The maximum Gasteiger partial charge on any atom is 0.236 e. The second-order valence-electron chi connectivity index (χ2n) is 4.98. The molecule has 1 atom stereocenters. The molecule has 114 valence electrons. The minimum absolute atomic E-state index is 0. The highest BCUT2D eigenvalue weighted by Gasteiger charge is 2.14. The molecule has 1 rings (SSSR count). The van der Waals surface area contributed by atoms with Crippen molar-refractivity contribution in [3.05, 3.63) is 33.8 Å². The van der Waals surface area contributed by atoms with Crippen LogP contribution in [-0.4, -0.2) is 18.5 Å². The van der Waals surface area contributed by atoms with Gasteiger partial charge in [-0.15, -0.1) is 12.4 Å². The second kappa shape index (κ2) is 9.46. The van der Waals surface area contributed by atoms with Gasteiger partial charge in [-0.05, 0) is 36.5 Å². The smallest absolute Gasteiger partial charge is 0.236 e. The molecular formula is C14H21Cl3N2O. The number of hydrogen-bond acceptors (Lipinski definition) is 2. The van der Waals surface area contributed by atoms with Crippen molar-refractivity contribution in [1.82, 2.24) is 5.32 Å². The van der Waals surface area contributed by atoms with Gasteiger partial charge < -0.3 is 11.1 Å². The molecule has 0 bridgehead atoms. The first-order chi connectivity index (χ1) is 8.91. The van der Waals surface area contributed by atoms with Crippen LogP contribution >= 0.6 is 35.6 Å². The maximum absolute atomic E-state index is 11.7. The van der Waals surface area contributed by atoms with Crippen molar-refractivity contribution in [1.29, 1.82) is 0 Å². The standard InChI is InChI=1S/C14H20Cl2N2O.ClH/c1-9(2)8-13(17)14(19)18-7-6-10-11(15)4-3-5-12(10)16;/h3-5,9,13H,6-8,17H2,1-2H3,(H,18,19);1H/t13-;/m0./s1. The highest BCUT2D eigenvalue weighted by atomic mass is 35.5. The van der Waals surface area contributed by atoms with E-state index in [4.69, 9.17) is 28.9 Å². The third-order valence-electron chi connectivity index (χ3n) is 2.80. The largest absolute Gasteiger partial charge is 0.354 e. The van der Waals surface area contributed by atoms with Gasteiger partial charge in [0.05, 0.1) is 6.04 Å². The normalized spacial score (nSPS) is 11.9. The predicted octanol–water partition coefficient (Wildman–Crippen LogP) is 3.45. The molecule has 6 heteroatoms. The molecule has 0 aliphatic rings. The summed E-state index contributed by atoms with van der Waals surface area (Å²) in [6.07, 6.45) is 1.28. The van der Waals surface area contributed by atoms with Crippen LogP contribution in [0.5, 0.6) is 0 Å². The average Bonchev–Trinajstić information content (AvgIpc) is 2.31. The Labute approximate surface area is 136 Å². The molecule has 0 aromatic heterocycles. The number of carbonyl (C=O) groups excluding carboxylic acids is 1. The molecule has 0 spiro atoms. The fourth-order valence-electron chi connectivity index (χ4n) is 1.83. The summed E-state index contributed by atoms with van der Waals surface area (Å²) in [6.45, 7) is 4.56. The summed E-state index contributed by atoms with van der Waals surface area (Å²) < 4.78 is 0. The summed E-state index contributed by atoms with van der Waals surface area (Å²) in [7, 11) is 0. The molecule has 0 saturated heterocycles. The zero-order chi connectivity index (χ0) is 14.4. The van der Waals surface area contributed by atoms with Crippen LogP contribution in [0.15, 0.2) is 18.2 Å². The summed E-state index contributed by atoms with van der Waals surface area (Å²) in [5.41, 5.74) is 6.64. The lowest BCUT2D eigenvalue weighted by molar-refractivity contribution is -0.122. The molecule has 1 aromatic rings. The zero-order valence-corrected chi connectivity index (χ0v) is 14.0. The number of rotatable bonds is 6. The molecule has 20 heavy (non-hydrogen) atoms. The predicted molar refractivity (Wildman–Crippen MR) is 87.9 cm³/mol. The van der Waals surface area contributed by atoms with Crippen LogP contribution in [0.4, 0.5) is 0 Å². The Hall–Kier alpha value is -0.480. The fraction of sp³-hybridized carbons (Fsp3) is 0.500. The van der Waals surface area contributed by atoms with Gasteiger partial charge in [-0.2, -0.15) is 0 Å². The molecule has 3 nitrogen and oxygen atoms in total. The summed E-state index contributed by atoms with van der Waals surface area (Å²) in [5, 5.41) is 4.05. The second-order valence-corrected chi connectivity index (χ2v) is 5.79. The van der Waals surface area contributed by atoms with Crippen molar-refractivity contribution in [2.75, 3.05) is 6.54 Å². The van der Waals surface area contributed by atoms with Crippen molar-refractivity contribution in [3.8, 4) is 0 Å². The van der Waals surface area contributed by atoms with Crippen molar-refractivity contribution < 1.29 is 4.79 Å². The lowest BCUT2D eigenvalue weighted by Crippen LogP contribution is -2.42. The Morgan fingerprint density at radius 1 is 1.30 bits per heavy atom. The Kier molecular flexibility index (Phi) is 9.23. The van der Waals surface area contributed by atoms with Gasteiger partial charge in [0.25, 0.3) is 0 Å². The molecule has 0 saturated carbocycles. The Balaban J connectivity index is 0.00000361. The van der Waals surface area contributed by atoms with E-state index in [2.05, 4.69) is 5.32 Å². The summed E-state index contributed by atoms with van der Waals surface area (Å²) in [5.74, 6) is 0.274. The molecule has 1 aromatic carbocycles. The molecule has 3 N–H and O–H groups in total. The number of halogens is 3. The molecule has 0 fully saturated rings. The number of hydrogen-bond donors (Lipinski definition) is 2. The average molecular weight is 340 g/mol. The van der Waals surface area contributed by atoms with E-state index < -0.39 is 6.04 Å². The van der Waals surface area contributed by atoms with E-state index in [1.165, 1.54) is 0 Å². The molecule has 1 amide bonds. The first-order valence-electron chi connectivity index (χ1n) is 6.38. The monoisotopic (exact) mass is 338 g/mol. The topological polar surface area (TPSA) is 55.1 Å². The molecule has 0 unspecified atom stereocenters. The number of amides is 1. The zero-order valence-electron chi connectivity index (χ0n) is 11.7. The third kappa shape index (κ3) is 6.31. The van der Waals surface area contributed by atoms with Gasteiger partial charge in [-0.3, -0.25) is 4.79 Å². The summed E-state index contributed by atoms with van der Waals surface area (Å²) >= 11 is 12.1. The van der Waals surface area contributed by atoms with Crippen LogP contribution in [0.3, 0.4) is 0 Å². The van der Waals surface area contributed by atoms with Crippen LogP contribution in [0.1, 0.15) is 25.8 Å². The first kappa shape index (κ1) is 19.5. The van der Waals surface area contributed by atoms with Gasteiger partial charge >= 0.3 is 0 Å². The van der Waals surface area contributed by atoms with E-state index in [1.54, 1.807) is 18.2 Å². The quantitative estimate of drug-likeness (QED) is 0.834. The Morgan fingerprint density at radius 2 is 1.85 bits per heavy atom. The highest BCUT2D eigenvalue weighted by molar-refractivity contribution is 6.35. The third-order valence-corrected chi connectivity index (χ3v) is 3.51. The fourth-order valence-corrected chi connectivity index (χ4v) is 2.41. The Bertz CT molecular complexity index is 418. The minimum Gasteiger partial charge on any atom is -0.354 e. The van der Waals surface area contributed by atoms with Gasteiger partial charge in [-0.1, -0.05) is 43.1 Å². The number of carbonyl (C=O) groups is 1. The van der Waals surface area contributed by atoms with Gasteiger partial charge in [0.15, 0.2) is 0 Å². The van der Waals surface area contributed by atoms with E-state index in [0.29, 0.717) is 35.3 Å². The number of benzene rings is 1.